The Morgan fingerprint density at radius 2 is 1.71 bits per heavy atom. The van der Waals surface area contributed by atoms with Crippen molar-refractivity contribution in [3.05, 3.63) is 95.1 Å². The van der Waals surface area contributed by atoms with E-state index >= 15 is 0 Å². The Labute approximate surface area is 199 Å². The molecule has 34 heavy (non-hydrogen) atoms. The largest absolute Gasteiger partial charge is 0.485 e. The first kappa shape index (κ1) is 24.2. The summed E-state index contributed by atoms with van der Waals surface area (Å²) in [6.45, 7) is 8.75. The number of anilines is 1. The summed E-state index contributed by atoms with van der Waals surface area (Å²) in [6.07, 6.45) is -0.798. The summed E-state index contributed by atoms with van der Waals surface area (Å²) < 4.78 is 45.9. The van der Waals surface area contributed by atoms with Crippen LogP contribution in [0, 0.1) is 11.6 Å². The van der Waals surface area contributed by atoms with E-state index in [4.69, 9.17) is 14.2 Å². The summed E-state index contributed by atoms with van der Waals surface area (Å²) in [5, 5.41) is 3.36. The zero-order chi connectivity index (χ0) is 24.3. The smallest absolute Gasteiger partial charge is 0.132 e. The number of hydrogen-bond acceptors (Lipinski definition) is 4. The fourth-order valence-electron chi connectivity index (χ4n) is 4.19. The van der Waals surface area contributed by atoms with Crippen LogP contribution in [0.25, 0.3) is 0 Å². The van der Waals surface area contributed by atoms with Gasteiger partial charge in [0.2, 0.25) is 0 Å². The molecule has 3 aromatic rings. The van der Waals surface area contributed by atoms with E-state index in [-0.39, 0.29) is 23.8 Å². The summed E-state index contributed by atoms with van der Waals surface area (Å²) in [4.78, 5) is 0. The zero-order valence-electron chi connectivity index (χ0n) is 20.0. The molecule has 0 aromatic heterocycles. The van der Waals surface area contributed by atoms with Gasteiger partial charge in [-0.2, -0.15) is 0 Å². The minimum Gasteiger partial charge on any atom is -0.485 e. The van der Waals surface area contributed by atoms with Crippen molar-refractivity contribution in [3.63, 3.8) is 0 Å². The van der Waals surface area contributed by atoms with Crippen molar-refractivity contribution in [2.24, 2.45) is 0 Å². The molecule has 0 bridgehead atoms. The van der Waals surface area contributed by atoms with Crippen LogP contribution in [-0.2, 0) is 22.6 Å². The lowest BCUT2D eigenvalue weighted by Gasteiger charge is -2.45. The third-order valence-corrected chi connectivity index (χ3v) is 5.80. The molecule has 0 saturated carbocycles. The number of benzene rings is 3. The first-order valence-corrected chi connectivity index (χ1v) is 11.5. The lowest BCUT2D eigenvalue weighted by molar-refractivity contribution is -0.177. The van der Waals surface area contributed by atoms with Crippen molar-refractivity contribution >= 4 is 5.69 Å². The maximum Gasteiger partial charge on any atom is 0.132 e. The van der Waals surface area contributed by atoms with Crippen LogP contribution in [0.3, 0.4) is 0 Å². The van der Waals surface area contributed by atoms with E-state index in [1.54, 1.807) is 18.2 Å². The van der Waals surface area contributed by atoms with Crippen LogP contribution in [0.15, 0.2) is 66.7 Å². The van der Waals surface area contributed by atoms with E-state index in [0.29, 0.717) is 13.2 Å². The van der Waals surface area contributed by atoms with Gasteiger partial charge in [-0.1, -0.05) is 24.3 Å². The molecule has 1 heterocycles. The Bertz CT molecular complexity index is 1110. The quantitative estimate of drug-likeness (QED) is 0.396. The molecule has 2 atom stereocenters. The van der Waals surface area contributed by atoms with E-state index < -0.39 is 11.7 Å². The van der Waals surface area contributed by atoms with Crippen molar-refractivity contribution < 1.29 is 23.0 Å². The Morgan fingerprint density at radius 1 is 0.941 bits per heavy atom. The van der Waals surface area contributed by atoms with Crippen LogP contribution >= 0.6 is 0 Å². The van der Waals surface area contributed by atoms with Gasteiger partial charge in [0.15, 0.2) is 0 Å². The van der Waals surface area contributed by atoms with Crippen LogP contribution in [0.4, 0.5) is 14.5 Å². The zero-order valence-corrected chi connectivity index (χ0v) is 20.0. The predicted octanol–water partition coefficient (Wildman–Crippen LogP) is 6.80. The van der Waals surface area contributed by atoms with Crippen molar-refractivity contribution in [2.45, 2.75) is 64.8 Å². The van der Waals surface area contributed by atoms with Crippen molar-refractivity contribution in [1.29, 1.82) is 0 Å². The molecule has 2 unspecified atom stereocenters. The highest BCUT2D eigenvalue weighted by Crippen LogP contribution is 2.45. The number of rotatable bonds is 8. The highest BCUT2D eigenvalue weighted by atomic mass is 19.1. The monoisotopic (exact) mass is 467 g/mol. The molecule has 1 aliphatic rings. The van der Waals surface area contributed by atoms with Crippen molar-refractivity contribution in [2.75, 3.05) is 5.32 Å². The lowest BCUT2D eigenvalue weighted by atomic mass is 9.87. The fraction of sp³-hybridized carbons (Fsp3) is 0.357. The first-order chi connectivity index (χ1) is 16.2. The molecular formula is C28H31F2NO3. The average molecular weight is 468 g/mol. The van der Waals surface area contributed by atoms with Gasteiger partial charge in [0, 0.05) is 17.8 Å². The van der Waals surface area contributed by atoms with E-state index in [9.17, 15) is 8.78 Å². The van der Waals surface area contributed by atoms with E-state index in [1.165, 1.54) is 24.3 Å². The van der Waals surface area contributed by atoms with Crippen LogP contribution in [-0.4, -0.2) is 17.8 Å². The number of ether oxygens (including phenoxy) is 3. The van der Waals surface area contributed by atoms with Gasteiger partial charge < -0.3 is 19.5 Å². The van der Waals surface area contributed by atoms with Crippen LogP contribution in [0.1, 0.15) is 50.5 Å². The number of nitrogens with one attached hydrogen (secondary N) is 1. The van der Waals surface area contributed by atoms with Crippen LogP contribution in [0.5, 0.6) is 5.75 Å². The summed E-state index contributed by atoms with van der Waals surface area (Å²) in [6, 6.07) is 18.7. The molecular weight excluding hydrogens is 436 g/mol. The number of fused-ring (bicyclic) bond motifs is 1. The molecule has 0 radical (unpaired) electrons. The van der Waals surface area contributed by atoms with Crippen molar-refractivity contribution in [3.8, 4) is 5.75 Å². The Balaban J connectivity index is 1.58. The number of halogens is 2. The molecule has 0 spiro atoms. The van der Waals surface area contributed by atoms with Crippen molar-refractivity contribution in [1.82, 2.24) is 0 Å². The minimum absolute atomic E-state index is 0.0346. The second-order valence-corrected chi connectivity index (χ2v) is 9.41. The Hall–Kier alpha value is -2.96. The Morgan fingerprint density at radius 3 is 2.41 bits per heavy atom. The van der Waals surface area contributed by atoms with E-state index in [1.807, 2.05) is 52.0 Å². The van der Waals surface area contributed by atoms with E-state index in [2.05, 4.69) is 5.32 Å². The first-order valence-electron chi connectivity index (χ1n) is 11.5. The average Bonchev–Trinajstić information content (AvgIpc) is 2.78. The Kier molecular flexibility index (Phi) is 7.19. The molecule has 0 aliphatic carbocycles. The van der Waals surface area contributed by atoms with Gasteiger partial charge in [-0.25, -0.2) is 8.78 Å². The molecule has 0 amide bonds. The standard InChI is InChI=1S/C28H31F2NO3/c1-18(2)33-26-24-15-23(31-16-20-6-5-7-22(30)14-20)12-13-25(24)34-28(3,4)27(26)32-17-19-8-10-21(29)11-9-19/h5-15,18,26-27,31H,16-17H2,1-4H3. The van der Waals surface area contributed by atoms with E-state index in [0.717, 1.165) is 28.1 Å². The normalized spacial score (nSPS) is 18.9. The molecule has 4 rings (SSSR count). The second-order valence-electron chi connectivity index (χ2n) is 9.41. The lowest BCUT2D eigenvalue weighted by Crippen LogP contribution is -2.51. The maximum absolute atomic E-state index is 13.5. The molecule has 1 aliphatic heterocycles. The summed E-state index contributed by atoms with van der Waals surface area (Å²) >= 11 is 0. The van der Waals surface area contributed by atoms with Gasteiger partial charge in [-0.3, -0.25) is 0 Å². The molecule has 3 aromatic carbocycles. The molecule has 180 valence electrons. The van der Waals surface area contributed by atoms with Gasteiger partial charge in [-0.05, 0) is 81.3 Å². The predicted molar refractivity (Wildman–Crippen MR) is 129 cm³/mol. The molecule has 0 saturated heterocycles. The van der Waals surface area contributed by atoms with Crippen LogP contribution in [0.2, 0.25) is 0 Å². The second kappa shape index (κ2) is 10.1. The molecule has 6 heteroatoms. The SMILES string of the molecule is CC(C)OC1c2cc(NCc3cccc(F)c3)ccc2OC(C)(C)C1OCc1ccc(F)cc1. The van der Waals surface area contributed by atoms with Crippen LogP contribution < -0.4 is 10.1 Å². The van der Waals surface area contributed by atoms with Gasteiger partial charge in [0.1, 0.15) is 35.2 Å². The topological polar surface area (TPSA) is 39.7 Å². The molecule has 4 nitrogen and oxygen atoms in total. The molecule has 0 fully saturated rings. The highest BCUT2D eigenvalue weighted by molar-refractivity contribution is 5.54. The summed E-state index contributed by atoms with van der Waals surface area (Å²) in [7, 11) is 0. The third kappa shape index (κ3) is 5.75. The summed E-state index contributed by atoms with van der Waals surface area (Å²) in [5.74, 6) is 0.207. The van der Waals surface area contributed by atoms with Gasteiger partial charge >= 0.3 is 0 Å². The minimum atomic E-state index is -0.650. The fourth-order valence-corrected chi connectivity index (χ4v) is 4.19. The van der Waals surface area contributed by atoms with Gasteiger partial charge in [0.05, 0.1) is 12.7 Å². The van der Waals surface area contributed by atoms with Gasteiger partial charge in [-0.15, -0.1) is 0 Å². The third-order valence-electron chi connectivity index (χ3n) is 5.80. The summed E-state index contributed by atoms with van der Waals surface area (Å²) in [5.41, 5.74) is 2.84. The highest BCUT2D eigenvalue weighted by Gasteiger charge is 2.46. The van der Waals surface area contributed by atoms with Gasteiger partial charge in [0.25, 0.3) is 0 Å². The maximum atomic E-state index is 13.5. The number of hydrogen-bond donors (Lipinski definition) is 1. The molecule has 1 N–H and O–H groups in total.